The van der Waals surface area contributed by atoms with Crippen molar-refractivity contribution in [1.82, 2.24) is 14.8 Å². The summed E-state index contributed by atoms with van der Waals surface area (Å²) in [4.78, 5) is 9.49. The normalized spacial score (nSPS) is 23.2. The quantitative estimate of drug-likeness (QED) is 0.712. The standard InChI is InChI=1S/C27H37N3O3/c1-32-21-9-10-26-24(19-21)22(23-7-5-13-28-25(23)20-33-26)8-6-14-29-17-11-27(31,12-18-29)30-15-3-2-4-16-30/h5,7,9-10,13,19,22,31H,2-4,6,8,11-12,14-18,20H2,1H3. The summed E-state index contributed by atoms with van der Waals surface area (Å²) in [5, 5.41) is 11.2. The second-order valence-electron chi connectivity index (χ2n) is 9.80. The van der Waals surface area contributed by atoms with Gasteiger partial charge in [-0.1, -0.05) is 12.5 Å². The first-order valence-corrected chi connectivity index (χ1v) is 12.6. The fourth-order valence-electron chi connectivity index (χ4n) is 5.85. The lowest BCUT2D eigenvalue weighted by Gasteiger charge is -2.46. The summed E-state index contributed by atoms with van der Waals surface area (Å²) in [5.41, 5.74) is 2.90. The van der Waals surface area contributed by atoms with E-state index in [1.807, 2.05) is 24.4 Å². The van der Waals surface area contributed by atoms with Crippen LogP contribution < -0.4 is 9.47 Å². The number of aromatic nitrogens is 1. The van der Waals surface area contributed by atoms with Crippen LogP contribution in [0.2, 0.25) is 0 Å². The van der Waals surface area contributed by atoms with E-state index < -0.39 is 5.72 Å². The van der Waals surface area contributed by atoms with Crippen LogP contribution in [-0.4, -0.2) is 65.4 Å². The molecule has 3 aliphatic heterocycles. The van der Waals surface area contributed by atoms with E-state index in [0.29, 0.717) is 6.61 Å². The summed E-state index contributed by atoms with van der Waals surface area (Å²) >= 11 is 0. The third-order valence-electron chi connectivity index (χ3n) is 7.83. The summed E-state index contributed by atoms with van der Waals surface area (Å²) in [6.07, 6.45) is 9.45. The molecular formula is C27H37N3O3. The van der Waals surface area contributed by atoms with Crippen molar-refractivity contribution in [3.8, 4) is 11.5 Å². The zero-order valence-corrected chi connectivity index (χ0v) is 19.8. The largest absolute Gasteiger partial charge is 0.497 e. The fraction of sp³-hybridized carbons (Fsp3) is 0.593. The molecular weight excluding hydrogens is 414 g/mol. The second kappa shape index (κ2) is 10.00. The summed E-state index contributed by atoms with van der Waals surface area (Å²) in [6.45, 7) is 5.62. The Labute approximate surface area is 197 Å². The van der Waals surface area contributed by atoms with Crippen molar-refractivity contribution < 1.29 is 14.6 Å². The van der Waals surface area contributed by atoms with Crippen LogP contribution in [0.3, 0.4) is 0 Å². The van der Waals surface area contributed by atoms with E-state index in [-0.39, 0.29) is 5.92 Å². The number of nitrogens with zero attached hydrogens (tertiary/aromatic N) is 3. The highest BCUT2D eigenvalue weighted by atomic mass is 16.5. The van der Waals surface area contributed by atoms with Gasteiger partial charge < -0.3 is 19.5 Å². The number of piperidine rings is 2. The Bertz CT molecular complexity index is 936. The molecule has 4 heterocycles. The van der Waals surface area contributed by atoms with E-state index in [1.54, 1.807) is 7.11 Å². The van der Waals surface area contributed by atoms with Crippen LogP contribution in [0.1, 0.15) is 67.7 Å². The van der Waals surface area contributed by atoms with E-state index >= 15 is 0 Å². The summed E-state index contributed by atoms with van der Waals surface area (Å²) < 4.78 is 11.6. The van der Waals surface area contributed by atoms with Gasteiger partial charge in [-0.15, -0.1) is 0 Å². The molecule has 1 aromatic heterocycles. The molecule has 1 unspecified atom stereocenters. The van der Waals surface area contributed by atoms with Gasteiger partial charge in [0.2, 0.25) is 0 Å². The molecule has 1 N–H and O–H groups in total. The first-order valence-electron chi connectivity index (χ1n) is 12.6. The highest BCUT2D eigenvalue weighted by molar-refractivity contribution is 5.48. The summed E-state index contributed by atoms with van der Waals surface area (Å²) in [6, 6.07) is 10.4. The number of pyridine rings is 1. The van der Waals surface area contributed by atoms with Crippen LogP contribution >= 0.6 is 0 Å². The van der Waals surface area contributed by atoms with Crippen LogP contribution in [0.25, 0.3) is 0 Å². The third kappa shape index (κ3) is 4.88. The number of hydrogen-bond donors (Lipinski definition) is 1. The van der Waals surface area contributed by atoms with Crippen molar-refractivity contribution in [2.45, 2.75) is 63.2 Å². The average Bonchev–Trinajstić information content (AvgIpc) is 3.02. The van der Waals surface area contributed by atoms with Crippen molar-refractivity contribution in [3.05, 3.63) is 53.3 Å². The molecule has 0 spiro atoms. The van der Waals surface area contributed by atoms with Gasteiger partial charge in [-0.05, 0) is 62.1 Å². The highest BCUT2D eigenvalue weighted by Gasteiger charge is 2.38. The van der Waals surface area contributed by atoms with Crippen LogP contribution in [0.4, 0.5) is 0 Å². The molecule has 0 aliphatic carbocycles. The number of rotatable bonds is 6. The smallest absolute Gasteiger partial charge is 0.131 e. The van der Waals surface area contributed by atoms with Crippen molar-refractivity contribution >= 4 is 0 Å². The molecule has 0 radical (unpaired) electrons. The van der Waals surface area contributed by atoms with Gasteiger partial charge in [0, 0.05) is 56.7 Å². The Kier molecular flexibility index (Phi) is 6.86. The Balaban J connectivity index is 1.24. The topological polar surface area (TPSA) is 58.1 Å². The van der Waals surface area contributed by atoms with Gasteiger partial charge in [-0.3, -0.25) is 9.88 Å². The molecule has 2 saturated heterocycles. The maximum atomic E-state index is 11.2. The minimum atomic E-state index is -0.588. The number of hydrogen-bond acceptors (Lipinski definition) is 6. The molecule has 2 aromatic rings. The average molecular weight is 452 g/mol. The number of fused-ring (bicyclic) bond motifs is 2. The molecule has 33 heavy (non-hydrogen) atoms. The minimum Gasteiger partial charge on any atom is -0.497 e. The number of likely N-dealkylation sites (tertiary alicyclic amines) is 2. The Morgan fingerprint density at radius 2 is 1.91 bits per heavy atom. The van der Waals surface area contributed by atoms with Crippen molar-refractivity contribution in [1.29, 1.82) is 0 Å². The van der Waals surface area contributed by atoms with Gasteiger partial charge in [-0.25, -0.2) is 0 Å². The number of methoxy groups -OCH3 is 1. The predicted octanol–water partition coefficient (Wildman–Crippen LogP) is 4.17. The van der Waals surface area contributed by atoms with Crippen molar-refractivity contribution in [2.75, 3.05) is 39.8 Å². The van der Waals surface area contributed by atoms with E-state index in [9.17, 15) is 5.11 Å². The first kappa shape index (κ1) is 22.6. The highest BCUT2D eigenvalue weighted by Crippen LogP contribution is 2.41. The van der Waals surface area contributed by atoms with Crippen LogP contribution in [0.15, 0.2) is 36.5 Å². The molecule has 1 aromatic carbocycles. The number of aliphatic hydroxyl groups is 1. The molecule has 2 fully saturated rings. The lowest BCUT2D eigenvalue weighted by molar-refractivity contribution is -0.148. The van der Waals surface area contributed by atoms with Gasteiger partial charge in [-0.2, -0.15) is 0 Å². The predicted molar refractivity (Wildman–Crippen MR) is 129 cm³/mol. The van der Waals surface area contributed by atoms with Gasteiger partial charge in [0.15, 0.2) is 0 Å². The van der Waals surface area contributed by atoms with Crippen molar-refractivity contribution in [3.63, 3.8) is 0 Å². The Hall–Kier alpha value is -2.15. The lowest BCUT2D eigenvalue weighted by atomic mass is 9.86. The molecule has 0 saturated carbocycles. The van der Waals surface area contributed by atoms with Crippen LogP contribution in [-0.2, 0) is 6.61 Å². The molecule has 6 heteroatoms. The van der Waals surface area contributed by atoms with Gasteiger partial charge in [0.1, 0.15) is 23.8 Å². The second-order valence-corrected chi connectivity index (χ2v) is 9.80. The van der Waals surface area contributed by atoms with Crippen molar-refractivity contribution in [2.24, 2.45) is 0 Å². The fourth-order valence-corrected chi connectivity index (χ4v) is 5.85. The zero-order chi connectivity index (χ0) is 22.7. The van der Waals surface area contributed by atoms with Gasteiger partial charge in [0.05, 0.1) is 12.8 Å². The molecule has 5 rings (SSSR count). The van der Waals surface area contributed by atoms with E-state index in [2.05, 4.69) is 26.9 Å². The molecule has 6 nitrogen and oxygen atoms in total. The lowest BCUT2D eigenvalue weighted by Crippen LogP contribution is -2.56. The maximum Gasteiger partial charge on any atom is 0.131 e. The Morgan fingerprint density at radius 3 is 2.70 bits per heavy atom. The molecule has 0 amide bonds. The van der Waals surface area contributed by atoms with Gasteiger partial charge in [0.25, 0.3) is 0 Å². The molecule has 1 atom stereocenters. The molecule has 178 valence electrons. The summed E-state index contributed by atoms with van der Waals surface area (Å²) in [7, 11) is 1.71. The SMILES string of the molecule is COc1ccc2c(c1)C(CCCN1CCC(O)(N3CCCCC3)CC1)c1cccnc1CO2. The maximum absolute atomic E-state index is 11.2. The number of ether oxygens (including phenoxy) is 2. The van der Waals surface area contributed by atoms with E-state index in [1.165, 1.54) is 30.4 Å². The molecule has 0 bridgehead atoms. The first-order chi connectivity index (χ1) is 16.2. The van der Waals surface area contributed by atoms with Crippen LogP contribution in [0, 0.1) is 0 Å². The zero-order valence-electron chi connectivity index (χ0n) is 19.8. The van der Waals surface area contributed by atoms with Crippen LogP contribution in [0.5, 0.6) is 11.5 Å². The van der Waals surface area contributed by atoms with Gasteiger partial charge >= 0.3 is 0 Å². The van der Waals surface area contributed by atoms with E-state index in [4.69, 9.17) is 9.47 Å². The van der Waals surface area contributed by atoms with E-state index in [0.717, 1.165) is 75.6 Å². The Morgan fingerprint density at radius 1 is 1.09 bits per heavy atom. The molecule has 3 aliphatic rings. The monoisotopic (exact) mass is 451 g/mol. The third-order valence-corrected chi connectivity index (χ3v) is 7.83. The minimum absolute atomic E-state index is 0.247. The number of benzene rings is 1. The summed E-state index contributed by atoms with van der Waals surface area (Å²) in [5.74, 6) is 2.04.